The Hall–Kier alpha value is -0.570. The van der Waals surface area contributed by atoms with Gasteiger partial charge in [0.05, 0.1) is 11.5 Å². The molecule has 0 aromatic carbocycles. The van der Waals surface area contributed by atoms with Crippen molar-refractivity contribution in [3.8, 4) is 0 Å². The summed E-state index contributed by atoms with van der Waals surface area (Å²) in [5, 5.41) is 13.8. The van der Waals surface area contributed by atoms with Crippen LogP contribution in [0.5, 0.6) is 0 Å². The minimum Gasteiger partial charge on any atom is -0.548 e. The highest BCUT2D eigenvalue weighted by Crippen LogP contribution is 2.21. The van der Waals surface area contributed by atoms with E-state index in [4.69, 9.17) is 0 Å². The van der Waals surface area contributed by atoms with Crippen LogP contribution in [-0.4, -0.2) is 18.1 Å². The van der Waals surface area contributed by atoms with Gasteiger partial charge in [-0.3, -0.25) is 0 Å². The van der Waals surface area contributed by atoms with Crippen LogP contribution >= 0.6 is 0 Å². The molecule has 1 N–H and O–H groups in total. The number of aliphatic carboxylic acids is 1. The Kier molecular flexibility index (Phi) is 2.49. The summed E-state index contributed by atoms with van der Waals surface area (Å²) in [5.41, 5.74) is -0.724. The zero-order chi connectivity index (χ0) is 8.32. The lowest BCUT2D eigenvalue weighted by Gasteiger charge is -2.38. The molecule has 1 unspecified atom stereocenters. The van der Waals surface area contributed by atoms with Gasteiger partial charge in [-0.2, -0.15) is 0 Å². The quantitative estimate of drug-likeness (QED) is 0.595. The summed E-state index contributed by atoms with van der Waals surface area (Å²) in [6, 6.07) is 0. The van der Waals surface area contributed by atoms with Gasteiger partial charge >= 0.3 is 0 Å². The first-order chi connectivity index (χ1) is 5.21. The zero-order valence-corrected chi connectivity index (χ0v) is 6.85. The minimum atomic E-state index is -0.945. The number of hydrogen-bond acceptors (Lipinski definition) is 3. The second-order valence-corrected chi connectivity index (χ2v) is 3.11. The van der Waals surface area contributed by atoms with Gasteiger partial charge in [-0.25, -0.2) is 0 Å². The number of hydrogen-bond donors (Lipinski definition) is 1. The van der Waals surface area contributed by atoms with Crippen LogP contribution in [0.25, 0.3) is 0 Å². The van der Waals surface area contributed by atoms with E-state index in [1.165, 1.54) is 0 Å². The summed E-state index contributed by atoms with van der Waals surface area (Å²) in [6.07, 6.45) is 3.41. The number of nitrogens with one attached hydrogen (secondary N) is 1. The molecule has 1 atom stereocenters. The van der Waals surface area contributed by atoms with Crippen molar-refractivity contribution < 1.29 is 9.90 Å². The summed E-state index contributed by atoms with van der Waals surface area (Å²) in [5.74, 6) is -0.945. The molecule has 1 saturated heterocycles. The Morgan fingerprint density at radius 1 is 1.64 bits per heavy atom. The molecule has 1 aliphatic rings. The van der Waals surface area contributed by atoms with E-state index < -0.39 is 11.5 Å². The van der Waals surface area contributed by atoms with E-state index in [1.54, 1.807) is 0 Å². The van der Waals surface area contributed by atoms with Crippen LogP contribution < -0.4 is 10.4 Å². The van der Waals surface area contributed by atoms with E-state index >= 15 is 0 Å². The predicted octanol–water partition coefficient (Wildman–Crippen LogP) is -0.341. The second kappa shape index (κ2) is 3.22. The maximum atomic E-state index is 10.7. The number of rotatable bonds is 2. The number of carbonyl (C=O) groups excluding carboxylic acids is 1. The maximum absolute atomic E-state index is 10.7. The Morgan fingerprint density at radius 2 is 2.36 bits per heavy atom. The average molecular weight is 156 g/mol. The molecule has 11 heavy (non-hydrogen) atoms. The van der Waals surface area contributed by atoms with Gasteiger partial charge in [0.25, 0.3) is 0 Å². The topological polar surface area (TPSA) is 52.2 Å². The first kappa shape index (κ1) is 8.53. The zero-order valence-electron chi connectivity index (χ0n) is 6.85. The average Bonchev–Trinajstić information content (AvgIpc) is 2.05. The highest BCUT2D eigenvalue weighted by molar-refractivity contribution is 5.76. The fourth-order valence-corrected chi connectivity index (χ4v) is 1.59. The van der Waals surface area contributed by atoms with Gasteiger partial charge in [0.2, 0.25) is 0 Å². The van der Waals surface area contributed by atoms with Crippen molar-refractivity contribution in [3.05, 3.63) is 0 Å². The Balaban J connectivity index is 2.64. The summed E-state index contributed by atoms with van der Waals surface area (Å²) in [7, 11) is 0. The van der Waals surface area contributed by atoms with Gasteiger partial charge in [-0.1, -0.05) is 6.92 Å². The van der Waals surface area contributed by atoms with Gasteiger partial charge in [0.15, 0.2) is 0 Å². The molecule has 0 saturated carbocycles. The molecule has 1 fully saturated rings. The third-order valence-corrected chi connectivity index (χ3v) is 2.49. The van der Waals surface area contributed by atoms with Gasteiger partial charge in [-0.15, -0.1) is 0 Å². The molecule has 0 amide bonds. The number of carbonyl (C=O) groups is 1. The van der Waals surface area contributed by atoms with Crippen LogP contribution in [0.4, 0.5) is 0 Å². The second-order valence-electron chi connectivity index (χ2n) is 3.11. The number of piperidine rings is 1. The first-order valence-corrected chi connectivity index (χ1v) is 4.18. The molecule has 0 aromatic rings. The van der Waals surface area contributed by atoms with Crippen molar-refractivity contribution in [2.45, 2.75) is 38.1 Å². The first-order valence-electron chi connectivity index (χ1n) is 4.18. The molecule has 0 aliphatic carbocycles. The fourth-order valence-electron chi connectivity index (χ4n) is 1.59. The number of carboxylic acids is 1. The highest BCUT2D eigenvalue weighted by Gasteiger charge is 2.30. The molecule has 3 heteroatoms. The van der Waals surface area contributed by atoms with Gasteiger partial charge in [0, 0.05) is 0 Å². The standard InChI is InChI=1S/C8H15NO2/c1-2-8(7(10)11)5-3-4-6-9-8/h9H,2-6H2,1H3,(H,10,11)/p-1. The van der Waals surface area contributed by atoms with Crippen LogP contribution in [0.15, 0.2) is 0 Å². The molecule has 0 bridgehead atoms. The maximum Gasteiger partial charge on any atom is 0.0615 e. The van der Waals surface area contributed by atoms with Crippen LogP contribution in [0.2, 0.25) is 0 Å². The van der Waals surface area contributed by atoms with Crippen LogP contribution in [0.3, 0.4) is 0 Å². The SMILES string of the molecule is CCC1(C(=O)[O-])CCCCN1. The Morgan fingerprint density at radius 3 is 2.64 bits per heavy atom. The largest absolute Gasteiger partial charge is 0.548 e. The summed E-state index contributed by atoms with van der Waals surface area (Å²) >= 11 is 0. The molecular formula is C8H14NO2-. The van der Waals surface area contributed by atoms with Crippen molar-refractivity contribution in [2.24, 2.45) is 0 Å². The Bertz CT molecular complexity index is 150. The predicted molar refractivity (Wildman–Crippen MR) is 39.9 cm³/mol. The molecule has 1 aliphatic heterocycles. The molecule has 0 radical (unpaired) electrons. The van der Waals surface area contributed by atoms with E-state index in [2.05, 4.69) is 5.32 Å². The van der Waals surface area contributed by atoms with Gasteiger partial charge in [-0.05, 0) is 32.2 Å². The van der Waals surface area contributed by atoms with E-state index in [0.29, 0.717) is 12.8 Å². The van der Waals surface area contributed by atoms with E-state index in [0.717, 1.165) is 19.4 Å². The molecule has 1 heterocycles. The van der Waals surface area contributed by atoms with Crippen LogP contribution in [-0.2, 0) is 4.79 Å². The van der Waals surface area contributed by atoms with Gasteiger partial charge < -0.3 is 15.2 Å². The highest BCUT2D eigenvalue weighted by atomic mass is 16.4. The van der Waals surface area contributed by atoms with Gasteiger partial charge in [0.1, 0.15) is 0 Å². The molecule has 0 spiro atoms. The Labute approximate surface area is 66.8 Å². The van der Waals surface area contributed by atoms with Crippen LogP contribution in [0.1, 0.15) is 32.6 Å². The third kappa shape index (κ3) is 1.53. The van der Waals surface area contributed by atoms with E-state index in [1.807, 2.05) is 6.92 Å². The lowest BCUT2D eigenvalue weighted by Crippen LogP contribution is -2.59. The van der Waals surface area contributed by atoms with Crippen molar-refractivity contribution in [2.75, 3.05) is 6.54 Å². The molecule has 64 valence electrons. The summed E-state index contributed by atoms with van der Waals surface area (Å²) in [6.45, 7) is 2.69. The fraction of sp³-hybridized carbons (Fsp3) is 0.875. The molecular weight excluding hydrogens is 142 g/mol. The van der Waals surface area contributed by atoms with Crippen molar-refractivity contribution in [1.29, 1.82) is 0 Å². The lowest BCUT2D eigenvalue weighted by molar-refractivity contribution is -0.315. The smallest absolute Gasteiger partial charge is 0.0615 e. The summed E-state index contributed by atoms with van der Waals surface area (Å²) < 4.78 is 0. The normalized spacial score (nSPS) is 31.7. The van der Waals surface area contributed by atoms with E-state index in [9.17, 15) is 9.90 Å². The van der Waals surface area contributed by atoms with Crippen molar-refractivity contribution in [3.63, 3.8) is 0 Å². The monoisotopic (exact) mass is 156 g/mol. The molecule has 0 aromatic heterocycles. The summed E-state index contributed by atoms with van der Waals surface area (Å²) in [4.78, 5) is 10.7. The molecule has 3 nitrogen and oxygen atoms in total. The minimum absolute atomic E-state index is 0.620. The van der Waals surface area contributed by atoms with Crippen molar-refractivity contribution >= 4 is 5.97 Å². The molecule has 1 rings (SSSR count). The number of carboxylic acid groups (broad SMARTS) is 1. The lowest BCUT2D eigenvalue weighted by atomic mass is 9.87. The van der Waals surface area contributed by atoms with Crippen LogP contribution in [0, 0.1) is 0 Å². The van der Waals surface area contributed by atoms with Crippen molar-refractivity contribution in [1.82, 2.24) is 5.32 Å². The van der Waals surface area contributed by atoms with E-state index in [-0.39, 0.29) is 0 Å². The third-order valence-electron chi connectivity index (χ3n) is 2.49.